The fraction of sp³-hybridized carbons (Fsp3) is 0.154. The predicted molar refractivity (Wildman–Crippen MR) is 67.7 cm³/mol. The average Bonchev–Trinajstić information content (AvgIpc) is 2.81. The van der Waals surface area contributed by atoms with Gasteiger partial charge in [0.15, 0.2) is 6.29 Å². The van der Waals surface area contributed by atoms with E-state index in [0.29, 0.717) is 17.1 Å². The van der Waals surface area contributed by atoms with E-state index in [1.807, 2.05) is 18.0 Å². The van der Waals surface area contributed by atoms with Crippen molar-refractivity contribution in [2.75, 3.05) is 11.9 Å². The van der Waals surface area contributed by atoms with Gasteiger partial charge < -0.3 is 9.32 Å². The number of para-hydroxylation sites is 1. The molecule has 4 heteroatoms. The third kappa shape index (κ3) is 2.50. The molecule has 0 aliphatic rings. The highest BCUT2D eigenvalue weighted by molar-refractivity contribution is 6.33. The Kier molecular flexibility index (Phi) is 3.49. The van der Waals surface area contributed by atoms with Crippen molar-refractivity contribution >= 4 is 23.6 Å². The Balaban J connectivity index is 2.30. The second-order valence-corrected chi connectivity index (χ2v) is 4.19. The molecule has 1 aromatic heterocycles. The van der Waals surface area contributed by atoms with Crippen LogP contribution in [0.25, 0.3) is 0 Å². The van der Waals surface area contributed by atoms with Gasteiger partial charge in [0.25, 0.3) is 0 Å². The van der Waals surface area contributed by atoms with E-state index in [2.05, 4.69) is 0 Å². The van der Waals surface area contributed by atoms with Gasteiger partial charge in [-0.2, -0.15) is 0 Å². The topological polar surface area (TPSA) is 33.5 Å². The highest BCUT2D eigenvalue weighted by atomic mass is 35.5. The SMILES string of the molecule is CN(Cc1ccoc1)c1c(Cl)cccc1C=O. The van der Waals surface area contributed by atoms with Crippen molar-refractivity contribution in [2.45, 2.75) is 6.54 Å². The number of furan rings is 1. The van der Waals surface area contributed by atoms with Gasteiger partial charge in [-0.05, 0) is 18.2 Å². The maximum Gasteiger partial charge on any atom is 0.152 e. The first-order valence-corrected chi connectivity index (χ1v) is 5.56. The van der Waals surface area contributed by atoms with Crippen LogP contribution in [0.3, 0.4) is 0 Å². The first-order valence-electron chi connectivity index (χ1n) is 5.18. The van der Waals surface area contributed by atoms with E-state index in [1.165, 1.54) is 0 Å². The Bertz CT molecular complexity index is 508. The van der Waals surface area contributed by atoms with Crippen molar-refractivity contribution in [2.24, 2.45) is 0 Å². The molecule has 0 saturated carbocycles. The van der Waals surface area contributed by atoms with E-state index in [0.717, 1.165) is 17.5 Å². The Morgan fingerprint density at radius 3 is 2.88 bits per heavy atom. The minimum absolute atomic E-state index is 0.570. The second-order valence-electron chi connectivity index (χ2n) is 3.78. The maximum absolute atomic E-state index is 11.0. The summed E-state index contributed by atoms with van der Waals surface area (Å²) in [7, 11) is 1.89. The lowest BCUT2D eigenvalue weighted by atomic mass is 10.1. The van der Waals surface area contributed by atoms with Crippen LogP contribution in [-0.4, -0.2) is 13.3 Å². The van der Waals surface area contributed by atoms with E-state index < -0.39 is 0 Å². The minimum atomic E-state index is 0.570. The molecule has 0 aliphatic carbocycles. The molecule has 0 fully saturated rings. The third-order valence-corrected chi connectivity index (χ3v) is 2.83. The van der Waals surface area contributed by atoms with E-state index >= 15 is 0 Å². The summed E-state index contributed by atoms with van der Waals surface area (Å²) in [6.45, 7) is 0.640. The van der Waals surface area contributed by atoms with Gasteiger partial charge in [-0.3, -0.25) is 4.79 Å². The van der Waals surface area contributed by atoms with Gasteiger partial charge in [0, 0.05) is 24.7 Å². The third-order valence-electron chi connectivity index (χ3n) is 2.53. The molecule has 17 heavy (non-hydrogen) atoms. The number of aldehydes is 1. The zero-order chi connectivity index (χ0) is 12.3. The van der Waals surface area contributed by atoms with E-state index in [9.17, 15) is 4.79 Å². The van der Waals surface area contributed by atoms with Crippen LogP contribution in [0.2, 0.25) is 5.02 Å². The van der Waals surface area contributed by atoms with Crippen LogP contribution in [0.15, 0.2) is 41.2 Å². The molecule has 0 radical (unpaired) electrons. The summed E-state index contributed by atoms with van der Waals surface area (Å²) in [6.07, 6.45) is 4.11. The molecule has 2 aromatic rings. The van der Waals surface area contributed by atoms with Gasteiger partial charge >= 0.3 is 0 Å². The molecule has 3 nitrogen and oxygen atoms in total. The van der Waals surface area contributed by atoms with Gasteiger partial charge in [0.2, 0.25) is 0 Å². The molecule has 0 bridgehead atoms. The lowest BCUT2D eigenvalue weighted by Crippen LogP contribution is -2.18. The summed E-state index contributed by atoms with van der Waals surface area (Å²) in [5.41, 5.74) is 2.36. The highest BCUT2D eigenvalue weighted by Crippen LogP contribution is 2.29. The molecule has 0 amide bonds. The van der Waals surface area contributed by atoms with Crippen molar-refractivity contribution in [3.8, 4) is 0 Å². The van der Waals surface area contributed by atoms with Gasteiger partial charge in [-0.25, -0.2) is 0 Å². The van der Waals surface area contributed by atoms with Crippen LogP contribution >= 0.6 is 11.6 Å². The Morgan fingerprint density at radius 1 is 1.41 bits per heavy atom. The first-order chi connectivity index (χ1) is 8.22. The quantitative estimate of drug-likeness (QED) is 0.779. The summed E-state index contributed by atoms with van der Waals surface area (Å²) >= 11 is 6.12. The summed E-state index contributed by atoms with van der Waals surface area (Å²) in [5, 5.41) is 0.570. The number of halogens is 1. The van der Waals surface area contributed by atoms with E-state index in [-0.39, 0.29) is 0 Å². The molecule has 1 heterocycles. The number of nitrogens with zero attached hydrogens (tertiary/aromatic N) is 1. The zero-order valence-corrected chi connectivity index (χ0v) is 10.1. The van der Waals surface area contributed by atoms with Crippen molar-refractivity contribution in [3.05, 3.63) is 52.9 Å². The summed E-state index contributed by atoms with van der Waals surface area (Å²) in [6, 6.07) is 7.17. The lowest BCUT2D eigenvalue weighted by molar-refractivity contribution is 0.112. The van der Waals surface area contributed by atoms with E-state index in [4.69, 9.17) is 16.0 Å². The van der Waals surface area contributed by atoms with Crippen LogP contribution in [0.4, 0.5) is 5.69 Å². The van der Waals surface area contributed by atoms with Gasteiger partial charge in [-0.15, -0.1) is 0 Å². The van der Waals surface area contributed by atoms with E-state index in [1.54, 1.807) is 30.7 Å². The average molecular weight is 250 g/mol. The fourth-order valence-electron chi connectivity index (χ4n) is 1.77. The van der Waals surface area contributed by atoms with Crippen LogP contribution in [0, 0.1) is 0 Å². The second kappa shape index (κ2) is 5.06. The largest absolute Gasteiger partial charge is 0.472 e. The van der Waals surface area contributed by atoms with Crippen LogP contribution in [0.1, 0.15) is 15.9 Å². The monoisotopic (exact) mass is 249 g/mol. The molecule has 0 spiro atoms. The zero-order valence-electron chi connectivity index (χ0n) is 9.39. The maximum atomic E-state index is 11.0. The molecule has 0 aliphatic heterocycles. The fourth-order valence-corrected chi connectivity index (χ4v) is 2.09. The Hall–Kier alpha value is -1.74. The molecule has 1 aromatic carbocycles. The molecular formula is C13H12ClNO2. The number of rotatable bonds is 4. The van der Waals surface area contributed by atoms with Crippen LogP contribution < -0.4 is 4.90 Å². The standard InChI is InChI=1S/C13H12ClNO2/c1-15(7-10-5-6-17-9-10)13-11(8-16)3-2-4-12(13)14/h2-6,8-9H,7H2,1H3. The molecule has 2 rings (SSSR count). The highest BCUT2D eigenvalue weighted by Gasteiger charge is 2.11. The molecule has 0 N–H and O–H groups in total. The first kappa shape index (κ1) is 11.7. The molecule has 0 saturated heterocycles. The van der Waals surface area contributed by atoms with Gasteiger partial charge in [0.05, 0.1) is 23.2 Å². The van der Waals surface area contributed by atoms with Gasteiger partial charge in [-0.1, -0.05) is 17.7 Å². The van der Waals surface area contributed by atoms with Crippen LogP contribution in [-0.2, 0) is 6.54 Å². The predicted octanol–water partition coefficient (Wildman–Crippen LogP) is 3.38. The number of anilines is 1. The lowest BCUT2D eigenvalue weighted by Gasteiger charge is -2.21. The van der Waals surface area contributed by atoms with Crippen molar-refractivity contribution in [3.63, 3.8) is 0 Å². The van der Waals surface area contributed by atoms with Crippen molar-refractivity contribution < 1.29 is 9.21 Å². The van der Waals surface area contributed by atoms with Crippen LogP contribution in [0.5, 0.6) is 0 Å². The number of carbonyl (C=O) groups is 1. The van der Waals surface area contributed by atoms with Crippen molar-refractivity contribution in [1.29, 1.82) is 0 Å². The smallest absolute Gasteiger partial charge is 0.152 e. The summed E-state index contributed by atoms with van der Waals surface area (Å²) in [5.74, 6) is 0. The summed E-state index contributed by atoms with van der Waals surface area (Å²) < 4.78 is 5.01. The normalized spacial score (nSPS) is 10.2. The van der Waals surface area contributed by atoms with Crippen molar-refractivity contribution in [1.82, 2.24) is 0 Å². The minimum Gasteiger partial charge on any atom is -0.472 e. The number of carbonyl (C=O) groups excluding carboxylic acids is 1. The Morgan fingerprint density at radius 2 is 2.24 bits per heavy atom. The number of hydrogen-bond acceptors (Lipinski definition) is 3. The molecule has 0 atom stereocenters. The number of benzene rings is 1. The summed E-state index contributed by atoms with van der Waals surface area (Å²) in [4.78, 5) is 12.9. The Labute approximate surface area is 105 Å². The molecular weight excluding hydrogens is 238 g/mol. The molecule has 0 unspecified atom stereocenters. The van der Waals surface area contributed by atoms with Gasteiger partial charge in [0.1, 0.15) is 0 Å². The number of hydrogen-bond donors (Lipinski definition) is 0. The molecule has 88 valence electrons.